The number of nitrogens with zero attached hydrogens (tertiary/aromatic N) is 6. The molecule has 7 heteroatoms. The Morgan fingerprint density at radius 3 is 0.647 bits per heavy atom. The molecule has 0 N–H and O–H groups in total. The van der Waals surface area contributed by atoms with Gasteiger partial charge >= 0.3 is 25.8 Å². The summed E-state index contributed by atoms with van der Waals surface area (Å²) >= 11 is 0. The van der Waals surface area contributed by atoms with Crippen LogP contribution in [0.1, 0.15) is 104 Å². The van der Waals surface area contributed by atoms with Crippen LogP contribution in [0.15, 0.2) is 15.0 Å². The molecule has 0 aromatic carbocycles. The van der Waals surface area contributed by atoms with Gasteiger partial charge in [-0.3, -0.25) is 19.0 Å². The van der Waals surface area contributed by atoms with Gasteiger partial charge in [-0.1, -0.05) is 0 Å². The van der Waals surface area contributed by atoms with E-state index in [2.05, 4.69) is 132 Å². The summed E-state index contributed by atoms with van der Waals surface area (Å²) in [5.74, 6) is 0. The monoisotopic (exact) mass is 510 g/mol. The summed E-state index contributed by atoms with van der Waals surface area (Å²) in [6.07, 6.45) is 9.08. The van der Waals surface area contributed by atoms with Crippen LogP contribution in [0, 0.1) is 0 Å². The first kappa shape index (κ1) is 40.4. The minimum atomic E-state index is 0. The normalized spacial score (nSPS) is 11.6. The van der Waals surface area contributed by atoms with Gasteiger partial charge in [0.2, 0.25) is 0 Å². The van der Waals surface area contributed by atoms with Crippen molar-refractivity contribution >= 4 is 19.0 Å². The Balaban J connectivity index is -0.000000196. The molecule has 0 fully saturated rings. The molecule has 0 saturated heterocycles. The summed E-state index contributed by atoms with van der Waals surface area (Å²) in [6, 6.07) is 2.95. The van der Waals surface area contributed by atoms with Crippen LogP contribution in [0.3, 0.4) is 0 Å². The minimum Gasteiger partial charge on any atom is -0.533 e. The van der Waals surface area contributed by atoms with E-state index in [1.807, 2.05) is 20.8 Å². The Hall–Kier alpha value is -0.720. The predicted octanol–water partition coefficient (Wildman–Crippen LogP) is 6.09. The third-order valence-corrected chi connectivity index (χ3v) is 4.37. The van der Waals surface area contributed by atoms with Gasteiger partial charge in [0.1, 0.15) is 0 Å². The molecule has 0 spiro atoms. The van der Waals surface area contributed by atoms with Crippen LogP contribution in [0.25, 0.3) is 0 Å². The maximum absolute atomic E-state index is 4.09. The molecule has 0 radical (unpaired) electrons. The molecule has 0 heterocycles. The van der Waals surface area contributed by atoms with Gasteiger partial charge in [0.05, 0.1) is 0 Å². The summed E-state index contributed by atoms with van der Waals surface area (Å²) in [5.41, 5.74) is 0. The van der Waals surface area contributed by atoms with Crippen LogP contribution in [0.5, 0.6) is 0 Å². The molecular weight excluding hydrogens is 453 g/mol. The zero-order valence-electron chi connectivity index (χ0n) is 25.3. The Labute approximate surface area is 233 Å². The zero-order chi connectivity index (χ0) is 26.6. The van der Waals surface area contributed by atoms with Crippen molar-refractivity contribution in [1.82, 2.24) is 14.7 Å². The molecule has 0 atom stereocenters. The fraction of sp³-hybridized carbons (Fsp3) is 0.889. The zero-order valence-corrected chi connectivity index (χ0v) is 27.1. The van der Waals surface area contributed by atoms with Crippen LogP contribution in [-0.4, -0.2) is 89.6 Å². The Morgan fingerprint density at radius 2 is 0.559 bits per heavy atom. The molecule has 0 aromatic heterocycles. The molecule has 0 bridgehead atoms. The van der Waals surface area contributed by atoms with E-state index >= 15 is 0 Å². The van der Waals surface area contributed by atoms with Crippen LogP contribution >= 0.6 is 0 Å². The molecular formula is C27H57N6Sc. The first-order chi connectivity index (χ1) is 15.3. The van der Waals surface area contributed by atoms with Crippen LogP contribution in [0.4, 0.5) is 0 Å². The fourth-order valence-corrected chi connectivity index (χ4v) is 2.94. The fourth-order valence-electron chi connectivity index (χ4n) is 2.94. The van der Waals surface area contributed by atoms with Gasteiger partial charge in [-0.05, 0) is 160 Å². The number of hydrogen-bond acceptors (Lipinski definition) is 3. The first-order valence-corrected chi connectivity index (χ1v) is 12.9. The van der Waals surface area contributed by atoms with E-state index in [0.29, 0.717) is 36.3 Å². The number of hydrogen-bond donors (Lipinski definition) is 0. The van der Waals surface area contributed by atoms with E-state index in [4.69, 9.17) is 0 Å². The second kappa shape index (κ2) is 25.4. The van der Waals surface area contributed by atoms with Crippen molar-refractivity contribution < 1.29 is 25.8 Å². The third kappa shape index (κ3) is 23.0. The second-order valence-electron chi connectivity index (χ2n) is 9.51. The molecule has 0 saturated carbocycles. The molecule has 0 amide bonds. The molecule has 0 aliphatic heterocycles. The Bertz CT molecular complexity index is 404. The van der Waals surface area contributed by atoms with Crippen molar-refractivity contribution in [2.75, 3.05) is 19.6 Å². The van der Waals surface area contributed by atoms with E-state index in [1.165, 1.54) is 0 Å². The van der Waals surface area contributed by atoms with E-state index in [0.717, 1.165) is 19.6 Å². The molecule has 0 unspecified atom stereocenters. The second-order valence-corrected chi connectivity index (χ2v) is 9.51. The largest absolute Gasteiger partial charge is 3.00 e. The van der Waals surface area contributed by atoms with E-state index in [-0.39, 0.29) is 25.8 Å². The van der Waals surface area contributed by atoms with Crippen molar-refractivity contribution in [2.24, 2.45) is 15.0 Å². The first-order valence-electron chi connectivity index (χ1n) is 12.9. The van der Waals surface area contributed by atoms with Gasteiger partial charge in [0, 0.05) is 0 Å². The smallest absolute Gasteiger partial charge is 0.533 e. The SMILES string of the molecule is CCN=[C-]N(C(C)C)C(C)C.CCN=[C-]N(C(C)C)C(C)C.CCN=[C-]N(C(C)C)C(C)C.[Sc+3]. The quantitative estimate of drug-likeness (QED) is 0.138. The molecule has 6 nitrogen and oxygen atoms in total. The molecule has 0 aliphatic carbocycles. The molecule has 34 heavy (non-hydrogen) atoms. The van der Waals surface area contributed by atoms with Crippen molar-refractivity contribution in [3.8, 4) is 0 Å². The summed E-state index contributed by atoms with van der Waals surface area (Å²) in [6.45, 7) is 34.3. The number of rotatable bonds is 12. The number of aliphatic imine (C=N–C) groups is 3. The predicted molar refractivity (Wildman–Crippen MR) is 150 cm³/mol. The maximum atomic E-state index is 4.09. The van der Waals surface area contributed by atoms with Crippen molar-refractivity contribution in [2.45, 2.75) is 140 Å². The standard InChI is InChI=1S/3C9H19N2.Sc/c3*1-6-10-7-11(8(2)3)9(4)5;/h3*8-9H,6H2,1-5H3;/q3*-1;+3. The average molecular weight is 511 g/mol. The van der Waals surface area contributed by atoms with Gasteiger partial charge in [-0.25, -0.2) is 0 Å². The summed E-state index contributed by atoms with van der Waals surface area (Å²) < 4.78 is 0. The Kier molecular flexibility index (Phi) is 30.2. The summed E-state index contributed by atoms with van der Waals surface area (Å²) in [4.78, 5) is 18.7. The van der Waals surface area contributed by atoms with Crippen LogP contribution < -0.4 is 0 Å². The third-order valence-electron chi connectivity index (χ3n) is 4.37. The van der Waals surface area contributed by atoms with E-state index in [9.17, 15) is 0 Å². The van der Waals surface area contributed by atoms with Crippen molar-refractivity contribution in [3.05, 3.63) is 0 Å². The van der Waals surface area contributed by atoms with Crippen LogP contribution in [0.2, 0.25) is 0 Å². The maximum Gasteiger partial charge on any atom is 3.00 e. The average Bonchev–Trinajstić information content (AvgIpc) is 2.68. The summed E-state index contributed by atoms with van der Waals surface area (Å²) in [5, 5.41) is 0. The molecule has 0 aromatic rings. The topological polar surface area (TPSA) is 46.8 Å². The minimum absolute atomic E-state index is 0. The molecule has 198 valence electrons. The molecule has 0 rings (SSSR count). The Morgan fingerprint density at radius 1 is 0.412 bits per heavy atom. The van der Waals surface area contributed by atoms with Gasteiger partial charge in [-0.2, -0.15) is 0 Å². The van der Waals surface area contributed by atoms with Gasteiger partial charge in [-0.15, -0.1) is 0 Å². The molecule has 0 aliphatic rings. The van der Waals surface area contributed by atoms with Crippen molar-refractivity contribution in [3.63, 3.8) is 0 Å². The van der Waals surface area contributed by atoms with Crippen LogP contribution in [-0.2, 0) is 25.8 Å². The van der Waals surface area contributed by atoms with E-state index in [1.54, 1.807) is 0 Å². The summed E-state index contributed by atoms with van der Waals surface area (Å²) in [7, 11) is 0. The van der Waals surface area contributed by atoms with Gasteiger partial charge < -0.3 is 29.7 Å². The van der Waals surface area contributed by atoms with Crippen molar-refractivity contribution in [1.29, 1.82) is 0 Å². The van der Waals surface area contributed by atoms with E-state index < -0.39 is 0 Å². The van der Waals surface area contributed by atoms with Gasteiger partial charge in [0.15, 0.2) is 0 Å². The van der Waals surface area contributed by atoms with Gasteiger partial charge in [0.25, 0.3) is 0 Å².